The van der Waals surface area contributed by atoms with Crippen LogP contribution in [0.2, 0.25) is 0 Å². The highest BCUT2D eigenvalue weighted by Gasteiger charge is 2.15. The number of hydrogen-bond donors (Lipinski definition) is 3. The molecule has 152 valence electrons. The summed E-state index contributed by atoms with van der Waals surface area (Å²) in [5.74, 6) is 1.32. The molecule has 0 aliphatic carbocycles. The van der Waals surface area contributed by atoms with Gasteiger partial charge in [0, 0.05) is 24.7 Å². The Kier molecular flexibility index (Phi) is 5.51. The third-order valence-electron chi connectivity index (χ3n) is 4.84. The highest BCUT2D eigenvalue weighted by Crippen LogP contribution is 2.28. The zero-order valence-corrected chi connectivity index (χ0v) is 16.4. The molecule has 0 unspecified atom stereocenters. The molecular formula is C21H21N7O2. The van der Waals surface area contributed by atoms with E-state index >= 15 is 0 Å². The van der Waals surface area contributed by atoms with E-state index in [1.807, 2.05) is 24.3 Å². The first-order chi connectivity index (χ1) is 14.6. The van der Waals surface area contributed by atoms with E-state index in [0.717, 1.165) is 16.5 Å². The topological polar surface area (TPSA) is 122 Å². The summed E-state index contributed by atoms with van der Waals surface area (Å²) >= 11 is 0. The molecule has 0 aliphatic heterocycles. The summed E-state index contributed by atoms with van der Waals surface area (Å²) in [6.07, 6.45) is 2.11. The molecule has 2 heterocycles. The van der Waals surface area contributed by atoms with E-state index in [-0.39, 0.29) is 16.7 Å². The molecule has 4 aromatic rings. The molecule has 0 aliphatic rings. The molecular weight excluding hydrogens is 382 g/mol. The van der Waals surface area contributed by atoms with Crippen molar-refractivity contribution in [3.8, 4) is 0 Å². The second kappa shape index (κ2) is 8.56. The van der Waals surface area contributed by atoms with E-state index in [2.05, 4.69) is 49.9 Å². The average molecular weight is 403 g/mol. The van der Waals surface area contributed by atoms with E-state index in [1.165, 1.54) is 12.4 Å². The summed E-state index contributed by atoms with van der Waals surface area (Å²) in [6, 6.07) is 16.8. The van der Waals surface area contributed by atoms with Crippen LogP contribution in [0.15, 0.2) is 60.9 Å². The van der Waals surface area contributed by atoms with Gasteiger partial charge in [-0.25, -0.2) is 9.97 Å². The summed E-state index contributed by atoms with van der Waals surface area (Å²) in [6.45, 7) is 2.63. The Morgan fingerprint density at radius 2 is 1.93 bits per heavy atom. The van der Waals surface area contributed by atoms with Gasteiger partial charge < -0.3 is 10.6 Å². The molecule has 2 aromatic heterocycles. The molecule has 9 nitrogen and oxygen atoms in total. The predicted octanol–water partition coefficient (Wildman–Crippen LogP) is 4.09. The second-order valence-corrected chi connectivity index (χ2v) is 6.90. The summed E-state index contributed by atoms with van der Waals surface area (Å²) in [5, 5.41) is 25.7. The predicted molar refractivity (Wildman–Crippen MR) is 115 cm³/mol. The van der Waals surface area contributed by atoms with Gasteiger partial charge in [-0.1, -0.05) is 42.5 Å². The summed E-state index contributed by atoms with van der Waals surface area (Å²) < 4.78 is 0. The van der Waals surface area contributed by atoms with Crippen molar-refractivity contribution < 1.29 is 4.92 Å². The van der Waals surface area contributed by atoms with Gasteiger partial charge >= 0.3 is 0 Å². The molecule has 9 heteroatoms. The van der Waals surface area contributed by atoms with Crippen molar-refractivity contribution >= 4 is 28.4 Å². The monoisotopic (exact) mass is 403 g/mol. The van der Waals surface area contributed by atoms with Crippen molar-refractivity contribution in [2.24, 2.45) is 0 Å². The molecule has 3 N–H and O–H groups in total. The van der Waals surface area contributed by atoms with Crippen molar-refractivity contribution in [1.82, 2.24) is 20.2 Å². The minimum Gasteiger partial charge on any atom is -0.368 e. The quantitative estimate of drug-likeness (QED) is 0.299. The normalized spacial score (nSPS) is 11.9. The number of aromatic amines is 1. The zero-order valence-electron chi connectivity index (χ0n) is 16.4. The standard InChI is InChI=1S/C21H21N7O2/c1-14(16-7-3-2-4-8-16)25-19-18-20(26-27-21(18)24-13-23-19)22-11-10-15-6-5-9-17(12-15)28(29)30/h2-9,12-14H,10-11H2,1H3,(H3,22,23,24,25,26,27)/t14-/m1/s1. The number of nitro groups is 1. The summed E-state index contributed by atoms with van der Waals surface area (Å²) in [7, 11) is 0. The zero-order chi connectivity index (χ0) is 20.9. The highest BCUT2D eigenvalue weighted by atomic mass is 16.6. The Labute approximate surface area is 172 Å². The SMILES string of the molecule is C[C@@H](Nc1ncnc2[nH]nc(NCCc3cccc([N+](=O)[O-])c3)c12)c1ccccc1. The third kappa shape index (κ3) is 4.19. The molecule has 0 saturated carbocycles. The van der Waals surface area contributed by atoms with Crippen molar-refractivity contribution in [2.75, 3.05) is 17.2 Å². The van der Waals surface area contributed by atoms with E-state index in [4.69, 9.17) is 0 Å². The van der Waals surface area contributed by atoms with Crippen LogP contribution in [-0.4, -0.2) is 31.6 Å². The van der Waals surface area contributed by atoms with Crippen LogP contribution < -0.4 is 10.6 Å². The Morgan fingerprint density at radius 1 is 1.10 bits per heavy atom. The van der Waals surface area contributed by atoms with Gasteiger partial charge in [0.2, 0.25) is 0 Å². The maximum atomic E-state index is 10.9. The van der Waals surface area contributed by atoms with Crippen LogP contribution >= 0.6 is 0 Å². The van der Waals surface area contributed by atoms with Crippen molar-refractivity contribution in [1.29, 1.82) is 0 Å². The van der Waals surface area contributed by atoms with Crippen molar-refractivity contribution in [3.05, 3.63) is 82.2 Å². The largest absolute Gasteiger partial charge is 0.368 e. The van der Waals surface area contributed by atoms with Gasteiger partial charge in [-0.15, -0.1) is 0 Å². The molecule has 0 amide bonds. The minimum absolute atomic E-state index is 0.0527. The first-order valence-electron chi connectivity index (χ1n) is 9.59. The number of benzene rings is 2. The van der Waals surface area contributed by atoms with Crippen LogP contribution in [0.4, 0.5) is 17.3 Å². The number of aromatic nitrogens is 4. The lowest BCUT2D eigenvalue weighted by Gasteiger charge is -2.15. The maximum absolute atomic E-state index is 10.9. The van der Waals surface area contributed by atoms with Gasteiger partial charge in [0.05, 0.1) is 4.92 Å². The fourth-order valence-corrected chi connectivity index (χ4v) is 3.28. The van der Waals surface area contributed by atoms with Crippen LogP contribution in [0.3, 0.4) is 0 Å². The molecule has 30 heavy (non-hydrogen) atoms. The van der Waals surface area contributed by atoms with E-state index in [9.17, 15) is 10.1 Å². The average Bonchev–Trinajstić information content (AvgIpc) is 3.19. The Hall–Kier alpha value is -4.01. The van der Waals surface area contributed by atoms with Gasteiger partial charge in [-0.3, -0.25) is 15.2 Å². The van der Waals surface area contributed by atoms with E-state index in [0.29, 0.717) is 30.2 Å². The number of H-pyrrole nitrogens is 1. The number of hydrogen-bond acceptors (Lipinski definition) is 7. The molecule has 1 atom stereocenters. The van der Waals surface area contributed by atoms with Crippen LogP contribution in [-0.2, 0) is 6.42 Å². The number of nitrogens with one attached hydrogen (secondary N) is 3. The first kappa shape index (κ1) is 19.3. The molecule has 4 rings (SSSR count). The fourth-order valence-electron chi connectivity index (χ4n) is 3.28. The van der Waals surface area contributed by atoms with E-state index < -0.39 is 0 Å². The lowest BCUT2D eigenvalue weighted by Crippen LogP contribution is -2.10. The van der Waals surface area contributed by atoms with Gasteiger partial charge in [0.1, 0.15) is 17.5 Å². The minimum atomic E-state index is -0.388. The second-order valence-electron chi connectivity index (χ2n) is 6.90. The number of fused-ring (bicyclic) bond motifs is 1. The van der Waals surface area contributed by atoms with Crippen LogP contribution in [0.5, 0.6) is 0 Å². The molecule has 0 saturated heterocycles. The summed E-state index contributed by atoms with van der Waals surface area (Å²) in [5.41, 5.74) is 2.75. The molecule has 2 aromatic carbocycles. The highest BCUT2D eigenvalue weighted by molar-refractivity contribution is 5.96. The molecule has 0 spiro atoms. The van der Waals surface area contributed by atoms with Crippen LogP contribution in [0, 0.1) is 10.1 Å². The van der Waals surface area contributed by atoms with Crippen LogP contribution in [0.25, 0.3) is 11.0 Å². The Morgan fingerprint density at radius 3 is 2.73 bits per heavy atom. The van der Waals surface area contributed by atoms with Gasteiger partial charge in [-0.05, 0) is 24.5 Å². The lowest BCUT2D eigenvalue weighted by atomic mass is 10.1. The maximum Gasteiger partial charge on any atom is 0.269 e. The third-order valence-corrected chi connectivity index (χ3v) is 4.84. The van der Waals surface area contributed by atoms with Gasteiger partial charge in [0.25, 0.3) is 5.69 Å². The Bertz CT molecular complexity index is 1160. The van der Waals surface area contributed by atoms with Crippen LogP contribution in [0.1, 0.15) is 24.1 Å². The summed E-state index contributed by atoms with van der Waals surface area (Å²) in [4.78, 5) is 19.2. The fraction of sp³-hybridized carbons (Fsp3) is 0.190. The molecule has 0 radical (unpaired) electrons. The van der Waals surface area contributed by atoms with Crippen molar-refractivity contribution in [3.63, 3.8) is 0 Å². The van der Waals surface area contributed by atoms with Gasteiger partial charge in [0.15, 0.2) is 11.5 Å². The number of nitrogens with zero attached hydrogens (tertiary/aromatic N) is 4. The van der Waals surface area contributed by atoms with Crippen molar-refractivity contribution in [2.45, 2.75) is 19.4 Å². The lowest BCUT2D eigenvalue weighted by molar-refractivity contribution is -0.384. The first-order valence-corrected chi connectivity index (χ1v) is 9.59. The van der Waals surface area contributed by atoms with Gasteiger partial charge in [-0.2, -0.15) is 5.10 Å². The number of rotatable bonds is 8. The number of non-ortho nitro benzene ring substituents is 1. The van der Waals surface area contributed by atoms with E-state index in [1.54, 1.807) is 12.1 Å². The smallest absolute Gasteiger partial charge is 0.269 e. The Balaban J connectivity index is 1.50. The molecule has 0 fully saturated rings. The molecule has 0 bridgehead atoms. The number of nitro benzene ring substituents is 1. The number of anilines is 2.